The monoisotopic (exact) mass is 222 g/mol. The largest absolute Gasteiger partial charge is 0.376 e. The van der Waals surface area contributed by atoms with Crippen molar-refractivity contribution in [2.75, 3.05) is 38.9 Å². The predicted octanol–water partition coefficient (Wildman–Crippen LogP) is 0.425. The number of epoxide rings is 2. The van der Waals surface area contributed by atoms with Gasteiger partial charge in [-0.15, -0.1) is 11.6 Å². The van der Waals surface area contributed by atoms with E-state index in [4.69, 9.17) is 30.5 Å². The van der Waals surface area contributed by atoms with Gasteiger partial charge >= 0.3 is 0 Å². The summed E-state index contributed by atoms with van der Waals surface area (Å²) in [7, 11) is 0. The molecule has 0 aromatic carbocycles. The van der Waals surface area contributed by atoms with Crippen molar-refractivity contribution in [2.45, 2.75) is 18.3 Å². The van der Waals surface area contributed by atoms with Crippen molar-refractivity contribution in [1.29, 1.82) is 0 Å². The summed E-state index contributed by atoms with van der Waals surface area (Å²) in [4.78, 5) is 0. The molecule has 2 aliphatic heterocycles. The summed E-state index contributed by atoms with van der Waals surface area (Å²) in [6.07, 6.45) is 0.560. The van der Waals surface area contributed by atoms with Crippen molar-refractivity contribution in [2.24, 2.45) is 0 Å². The van der Waals surface area contributed by atoms with E-state index >= 15 is 0 Å². The van der Waals surface area contributed by atoms with Gasteiger partial charge in [0, 0.05) is 0 Å². The molecule has 2 saturated heterocycles. The average molecular weight is 223 g/mol. The quantitative estimate of drug-likeness (QED) is 0.441. The zero-order valence-corrected chi connectivity index (χ0v) is 8.74. The van der Waals surface area contributed by atoms with E-state index in [1.54, 1.807) is 0 Å². The van der Waals surface area contributed by atoms with Gasteiger partial charge in [0.25, 0.3) is 0 Å². The Labute approximate surface area is 88.4 Å². The molecule has 2 rings (SSSR count). The molecule has 0 amide bonds. The molecule has 2 fully saturated rings. The smallest absolute Gasteiger partial charge is 0.104 e. The number of ether oxygens (including phenoxy) is 4. The van der Waals surface area contributed by atoms with Crippen LogP contribution in [0.1, 0.15) is 0 Å². The molecule has 5 heteroatoms. The molecule has 82 valence electrons. The van der Waals surface area contributed by atoms with Crippen molar-refractivity contribution >= 4 is 11.6 Å². The molecule has 0 aromatic rings. The average Bonchev–Trinajstić information content (AvgIpc) is 3.01. The highest BCUT2D eigenvalue weighted by molar-refractivity contribution is 6.18. The van der Waals surface area contributed by atoms with E-state index in [1.807, 2.05) is 0 Å². The highest BCUT2D eigenvalue weighted by atomic mass is 35.5. The van der Waals surface area contributed by atoms with Gasteiger partial charge in [0.2, 0.25) is 0 Å². The molecule has 2 aliphatic rings. The molecule has 4 nitrogen and oxygen atoms in total. The summed E-state index contributed by atoms with van der Waals surface area (Å²) in [6, 6.07) is 0. The van der Waals surface area contributed by atoms with E-state index in [0.29, 0.717) is 31.8 Å². The fraction of sp³-hybridized carbons (Fsp3) is 1.00. The summed E-state index contributed by atoms with van der Waals surface area (Å²) < 4.78 is 20.9. The van der Waals surface area contributed by atoms with E-state index in [9.17, 15) is 0 Å². The Bertz CT molecular complexity index is 170. The van der Waals surface area contributed by atoms with Gasteiger partial charge in [0.1, 0.15) is 12.2 Å². The fourth-order valence-electron chi connectivity index (χ4n) is 1.04. The lowest BCUT2D eigenvalue weighted by molar-refractivity contribution is -0.0129. The zero-order chi connectivity index (χ0) is 9.80. The lowest BCUT2D eigenvalue weighted by atomic mass is 10.4. The Morgan fingerprint density at radius 2 is 1.86 bits per heavy atom. The van der Waals surface area contributed by atoms with Crippen LogP contribution in [0.4, 0.5) is 0 Å². The van der Waals surface area contributed by atoms with Gasteiger partial charge in [0.15, 0.2) is 0 Å². The number of rotatable bonds is 8. The topological polar surface area (TPSA) is 43.5 Å². The molecule has 14 heavy (non-hydrogen) atoms. The Morgan fingerprint density at radius 1 is 1.21 bits per heavy atom. The summed E-state index contributed by atoms with van der Waals surface area (Å²) in [5, 5.41) is 0. The van der Waals surface area contributed by atoms with Crippen LogP contribution in [-0.4, -0.2) is 57.2 Å². The molecule has 0 saturated carbocycles. The number of hydrogen-bond acceptors (Lipinski definition) is 4. The number of alkyl halides is 1. The maximum atomic E-state index is 5.73. The molecule has 0 aromatic heterocycles. The normalized spacial score (nSPS) is 31.5. The molecular formula is C9H15ClO4. The molecule has 0 spiro atoms. The van der Waals surface area contributed by atoms with Crippen LogP contribution in [0.25, 0.3) is 0 Å². The predicted molar refractivity (Wildman–Crippen MR) is 50.8 cm³/mol. The number of hydrogen-bond donors (Lipinski definition) is 0. The van der Waals surface area contributed by atoms with Crippen molar-refractivity contribution in [3.8, 4) is 0 Å². The second-order valence-corrected chi connectivity index (χ2v) is 3.87. The van der Waals surface area contributed by atoms with Crippen LogP contribution in [-0.2, 0) is 18.9 Å². The first-order valence-corrected chi connectivity index (χ1v) is 5.40. The summed E-state index contributed by atoms with van der Waals surface area (Å²) in [5.74, 6) is 0.457. The molecule has 3 unspecified atom stereocenters. The van der Waals surface area contributed by atoms with Crippen LogP contribution in [0.2, 0.25) is 0 Å². The standard InChI is InChI=1S/C9H15ClO4/c10-1-7(12-5-9-6-14-9)2-11-3-8-4-13-8/h7-9H,1-6H2. The van der Waals surface area contributed by atoms with Crippen LogP contribution in [0.5, 0.6) is 0 Å². The van der Waals surface area contributed by atoms with Crippen molar-refractivity contribution in [1.82, 2.24) is 0 Å². The summed E-state index contributed by atoms with van der Waals surface area (Å²) >= 11 is 5.73. The van der Waals surface area contributed by atoms with Crippen molar-refractivity contribution in [3.05, 3.63) is 0 Å². The third kappa shape index (κ3) is 4.11. The second-order valence-electron chi connectivity index (χ2n) is 3.56. The lowest BCUT2D eigenvalue weighted by Crippen LogP contribution is -2.24. The van der Waals surface area contributed by atoms with Crippen molar-refractivity contribution in [3.63, 3.8) is 0 Å². The number of halogens is 1. The molecule has 0 bridgehead atoms. The maximum Gasteiger partial charge on any atom is 0.104 e. The van der Waals surface area contributed by atoms with Gasteiger partial charge in [-0.3, -0.25) is 0 Å². The molecular weight excluding hydrogens is 208 g/mol. The SMILES string of the molecule is ClCC(COCC1CO1)OCC1CO1. The third-order valence-corrected chi connectivity index (χ3v) is 2.45. The molecule has 2 heterocycles. The Hall–Kier alpha value is 0.130. The Balaban J connectivity index is 1.49. The van der Waals surface area contributed by atoms with Crippen molar-refractivity contribution < 1.29 is 18.9 Å². The fourth-order valence-corrected chi connectivity index (χ4v) is 1.22. The minimum absolute atomic E-state index is 0.0281. The van der Waals surface area contributed by atoms with Gasteiger partial charge in [0.05, 0.1) is 45.0 Å². The van der Waals surface area contributed by atoms with E-state index in [0.717, 1.165) is 13.2 Å². The highest BCUT2D eigenvalue weighted by Gasteiger charge is 2.25. The van der Waals surface area contributed by atoms with Crippen LogP contribution in [0.15, 0.2) is 0 Å². The summed E-state index contributed by atoms with van der Waals surface area (Å²) in [5.41, 5.74) is 0. The van der Waals surface area contributed by atoms with Crippen LogP contribution >= 0.6 is 11.6 Å². The molecule has 0 aliphatic carbocycles. The maximum absolute atomic E-state index is 5.73. The van der Waals surface area contributed by atoms with E-state index in [1.165, 1.54) is 0 Å². The molecule has 3 atom stereocenters. The zero-order valence-electron chi connectivity index (χ0n) is 7.99. The first-order valence-electron chi connectivity index (χ1n) is 4.87. The van der Waals surface area contributed by atoms with Crippen LogP contribution in [0.3, 0.4) is 0 Å². The van der Waals surface area contributed by atoms with E-state index in [-0.39, 0.29) is 12.2 Å². The van der Waals surface area contributed by atoms with Gasteiger partial charge in [-0.25, -0.2) is 0 Å². The van der Waals surface area contributed by atoms with Gasteiger partial charge in [-0.1, -0.05) is 0 Å². The van der Waals surface area contributed by atoms with Gasteiger partial charge < -0.3 is 18.9 Å². The van der Waals surface area contributed by atoms with Crippen LogP contribution < -0.4 is 0 Å². The third-order valence-electron chi connectivity index (χ3n) is 2.10. The van der Waals surface area contributed by atoms with Gasteiger partial charge in [-0.2, -0.15) is 0 Å². The highest BCUT2D eigenvalue weighted by Crippen LogP contribution is 2.12. The van der Waals surface area contributed by atoms with E-state index < -0.39 is 0 Å². The Kier molecular flexibility index (Phi) is 4.01. The molecule has 0 N–H and O–H groups in total. The van der Waals surface area contributed by atoms with Gasteiger partial charge in [-0.05, 0) is 0 Å². The Morgan fingerprint density at radius 3 is 2.43 bits per heavy atom. The minimum Gasteiger partial charge on any atom is -0.376 e. The first-order chi connectivity index (χ1) is 6.88. The lowest BCUT2D eigenvalue weighted by Gasteiger charge is -2.14. The summed E-state index contributed by atoms with van der Waals surface area (Å²) in [6.45, 7) is 3.45. The second kappa shape index (κ2) is 5.28. The molecule has 0 radical (unpaired) electrons. The van der Waals surface area contributed by atoms with Crippen LogP contribution in [0, 0.1) is 0 Å². The minimum atomic E-state index is -0.0281. The first kappa shape index (κ1) is 10.6. The van der Waals surface area contributed by atoms with E-state index in [2.05, 4.69) is 0 Å².